The molecule has 3 rings (SSSR count). The molecule has 2 atom stereocenters. The van der Waals surface area contributed by atoms with Gasteiger partial charge in [-0.25, -0.2) is 0 Å². The van der Waals surface area contributed by atoms with Crippen LogP contribution < -0.4 is 0 Å². The Bertz CT molecular complexity index is 423. The van der Waals surface area contributed by atoms with Gasteiger partial charge in [-0.15, -0.1) is 0 Å². The molecule has 110 valence electrons. The molecule has 3 nitrogen and oxygen atoms in total. The van der Waals surface area contributed by atoms with Crippen molar-refractivity contribution < 1.29 is 4.74 Å². The maximum atomic E-state index is 5.86. The second kappa shape index (κ2) is 6.44. The number of likely N-dealkylation sites (tertiary alicyclic amines) is 2. The molecule has 0 unspecified atom stereocenters. The fourth-order valence-electron chi connectivity index (χ4n) is 3.47. The van der Waals surface area contributed by atoms with E-state index in [0.717, 1.165) is 30.0 Å². The molecule has 2 heterocycles. The van der Waals surface area contributed by atoms with E-state index in [0.29, 0.717) is 6.61 Å². The third kappa shape index (κ3) is 3.53. The van der Waals surface area contributed by atoms with E-state index in [1.807, 2.05) is 24.3 Å². The second-order valence-electron chi connectivity index (χ2n) is 6.18. The SMILES string of the molecule is CN1C[C@@H]2CN(CCOCc3ccc(Cl)cc3)C[C@@H]2C1. The molecule has 2 fully saturated rings. The molecule has 1 aromatic carbocycles. The highest BCUT2D eigenvalue weighted by molar-refractivity contribution is 6.30. The number of hydrogen-bond acceptors (Lipinski definition) is 3. The number of fused-ring (bicyclic) bond motifs is 1. The molecular weight excluding hydrogens is 272 g/mol. The normalized spacial score (nSPS) is 27.1. The van der Waals surface area contributed by atoms with Crippen molar-refractivity contribution in [2.45, 2.75) is 6.61 Å². The van der Waals surface area contributed by atoms with Crippen molar-refractivity contribution >= 4 is 11.6 Å². The Kier molecular flexibility index (Phi) is 4.61. The first kappa shape index (κ1) is 14.3. The summed E-state index contributed by atoms with van der Waals surface area (Å²) in [7, 11) is 2.23. The maximum Gasteiger partial charge on any atom is 0.0717 e. The predicted molar refractivity (Wildman–Crippen MR) is 82.0 cm³/mol. The van der Waals surface area contributed by atoms with Crippen molar-refractivity contribution in [3.05, 3.63) is 34.9 Å². The highest BCUT2D eigenvalue weighted by Gasteiger charge is 2.38. The third-order valence-corrected chi connectivity index (χ3v) is 4.73. The van der Waals surface area contributed by atoms with Gasteiger partial charge in [-0.2, -0.15) is 0 Å². The monoisotopic (exact) mass is 294 g/mol. The second-order valence-corrected chi connectivity index (χ2v) is 6.62. The van der Waals surface area contributed by atoms with Gasteiger partial charge in [-0.05, 0) is 36.6 Å². The molecule has 0 radical (unpaired) electrons. The molecular formula is C16H23ClN2O. The molecule has 1 aromatic rings. The van der Waals surface area contributed by atoms with Crippen LogP contribution in [0.2, 0.25) is 5.02 Å². The van der Waals surface area contributed by atoms with Gasteiger partial charge in [-0.1, -0.05) is 23.7 Å². The van der Waals surface area contributed by atoms with Crippen LogP contribution in [0.15, 0.2) is 24.3 Å². The predicted octanol–water partition coefficient (Wildman–Crippen LogP) is 2.35. The van der Waals surface area contributed by atoms with Crippen molar-refractivity contribution in [2.24, 2.45) is 11.8 Å². The lowest BCUT2D eigenvalue weighted by atomic mass is 10.0. The van der Waals surface area contributed by atoms with E-state index >= 15 is 0 Å². The first-order valence-corrected chi connectivity index (χ1v) is 7.81. The summed E-state index contributed by atoms with van der Waals surface area (Å²) in [6.45, 7) is 7.60. The summed E-state index contributed by atoms with van der Waals surface area (Å²) < 4.78 is 5.77. The molecule has 0 spiro atoms. The van der Waals surface area contributed by atoms with Crippen molar-refractivity contribution in [1.82, 2.24) is 9.80 Å². The Morgan fingerprint density at radius 2 is 1.75 bits per heavy atom. The number of halogens is 1. The van der Waals surface area contributed by atoms with Crippen LogP contribution in [-0.2, 0) is 11.3 Å². The Morgan fingerprint density at radius 1 is 1.10 bits per heavy atom. The molecule has 0 bridgehead atoms. The molecule has 0 N–H and O–H groups in total. The van der Waals surface area contributed by atoms with Gasteiger partial charge in [0.1, 0.15) is 0 Å². The number of benzene rings is 1. The van der Waals surface area contributed by atoms with Gasteiger partial charge in [0.05, 0.1) is 13.2 Å². The first-order valence-electron chi connectivity index (χ1n) is 7.44. The van der Waals surface area contributed by atoms with E-state index < -0.39 is 0 Å². The molecule has 2 saturated heterocycles. The van der Waals surface area contributed by atoms with Crippen LogP contribution in [0, 0.1) is 11.8 Å². The maximum absolute atomic E-state index is 5.86. The highest BCUT2D eigenvalue weighted by atomic mass is 35.5. The summed E-state index contributed by atoms with van der Waals surface area (Å²) in [4.78, 5) is 5.02. The van der Waals surface area contributed by atoms with Crippen molar-refractivity contribution in [2.75, 3.05) is 46.4 Å². The molecule has 4 heteroatoms. The Balaban J connectivity index is 1.34. The third-order valence-electron chi connectivity index (χ3n) is 4.48. The molecule has 2 aliphatic rings. The average Bonchev–Trinajstić information content (AvgIpc) is 2.93. The number of hydrogen-bond donors (Lipinski definition) is 0. The van der Waals surface area contributed by atoms with Gasteiger partial charge in [0.25, 0.3) is 0 Å². The molecule has 0 aromatic heterocycles. The van der Waals surface area contributed by atoms with Crippen LogP contribution in [0.4, 0.5) is 0 Å². The smallest absolute Gasteiger partial charge is 0.0717 e. The largest absolute Gasteiger partial charge is 0.375 e. The van der Waals surface area contributed by atoms with Crippen LogP contribution in [0.25, 0.3) is 0 Å². The fourth-order valence-corrected chi connectivity index (χ4v) is 3.60. The molecule has 0 aliphatic carbocycles. The van der Waals surface area contributed by atoms with E-state index in [2.05, 4.69) is 16.8 Å². The number of nitrogens with zero attached hydrogens (tertiary/aromatic N) is 2. The molecule has 20 heavy (non-hydrogen) atoms. The minimum atomic E-state index is 0.681. The van der Waals surface area contributed by atoms with Gasteiger partial charge < -0.3 is 14.5 Å². The first-order chi connectivity index (χ1) is 9.70. The van der Waals surface area contributed by atoms with E-state index in [9.17, 15) is 0 Å². The standard InChI is InChI=1S/C16H23ClN2O/c1-18-8-14-10-19(11-15(14)9-18)6-7-20-12-13-2-4-16(17)5-3-13/h2-5,14-15H,6-12H2,1H3/t14-,15+. The summed E-state index contributed by atoms with van der Waals surface area (Å²) in [5, 5.41) is 0.780. The van der Waals surface area contributed by atoms with Crippen molar-refractivity contribution in [1.29, 1.82) is 0 Å². The van der Waals surface area contributed by atoms with Crippen LogP contribution in [0.5, 0.6) is 0 Å². The topological polar surface area (TPSA) is 15.7 Å². The summed E-state index contributed by atoms with van der Waals surface area (Å²) in [6.07, 6.45) is 0. The van der Waals surface area contributed by atoms with Crippen LogP contribution in [-0.4, -0.2) is 56.2 Å². The van der Waals surface area contributed by atoms with E-state index in [1.54, 1.807) is 0 Å². The van der Waals surface area contributed by atoms with Crippen LogP contribution in [0.1, 0.15) is 5.56 Å². The van der Waals surface area contributed by atoms with Gasteiger partial charge in [0.15, 0.2) is 0 Å². The lowest BCUT2D eigenvalue weighted by Gasteiger charge is -2.18. The van der Waals surface area contributed by atoms with Gasteiger partial charge >= 0.3 is 0 Å². The van der Waals surface area contributed by atoms with Crippen molar-refractivity contribution in [3.63, 3.8) is 0 Å². The highest BCUT2D eigenvalue weighted by Crippen LogP contribution is 2.29. The zero-order valence-corrected chi connectivity index (χ0v) is 12.9. The minimum absolute atomic E-state index is 0.681. The Morgan fingerprint density at radius 3 is 2.40 bits per heavy atom. The number of ether oxygens (including phenoxy) is 1. The zero-order valence-electron chi connectivity index (χ0n) is 12.1. The minimum Gasteiger partial charge on any atom is -0.375 e. The van der Waals surface area contributed by atoms with E-state index in [-0.39, 0.29) is 0 Å². The quantitative estimate of drug-likeness (QED) is 0.776. The summed E-state index contributed by atoms with van der Waals surface area (Å²) >= 11 is 5.86. The van der Waals surface area contributed by atoms with Crippen LogP contribution >= 0.6 is 11.6 Å². The van der Waals surface area contributed by atoms with Crippen molar-refractivity contribution in [3.8, 4) is 0 Å². The zero-order chi connectivity index (χ0) is 13.9. The summed E-state index contributed by atoms with van der Waals surface area (Å²) in [5.74, 6) is 1.77. The number of rotatable bonds is 5. The fraction of sp³-hybridized carbons (Fsp3) is 0.625. The Hall–Kier alpha value is -0.610. The van der Waals surface area contributed by atoms with E-state index in [1.165, 1.54) is 31.7 Å². The Labute approximate surface area is 126 Å². The summed E-state index contributed by atoms with van der Waals surface area (Å²) in [5.41, 5.74) is 1.19. The average molecular weight is 295 g/mol. The lowest BCUT2D eigenvalue weighted by Crippen LogP contribution is -2.29. The van der Waals surface area contributed by atoms with Gasteiger partial charge in [0.2, 0.25) is 0 Å². The molecule has 0 amide bonds. The summed E-state index contributed by atoms with van der Waals surface area (Å²) in [6, 6.07) is 7.88. The molecule has 2 aliphatic heterocycles. The van der Waals surface area contributed by atoms with Gasteiger partial charge in [-0.3, -0.25) is 0 Å². The molecule has 0 saturated carbocycles. The van der Waals surface area contributed by atoms with Crippen LogP contribution in [0.3, 0.4) is 0 Å². The van der Waals surface area contributed by atoms with Gasteiger partial charge in [0, 0.05) is 37.7 Å². The lowest BCUT2D eigenvalue weighted by molar-refractivity contribution is 0.0961. The van der Waals surface area contributed by atoms with E-state index in [4.69, 9.17) is 16.3 Å².